The van der Waals surface area contributed by atoms with E-state index in [-0.39, 0.29) is 12.1 Å². The van der Waals surface area contributed by atoms with Crippen molar-refractivity contribution < 1.29 is 19.4 Å². The second kappa shape index (κ2) is 37.6. The van der Waals surface area contributed by atoms with Crippen LogP contribution < -0.4 is 0 Å². The highest BCUT2D eigenvalue weighted by Crippen LogP contribution is 2.18. The molecule has 1 atom stereocenters. The van der Waals surface area contributed by atoms with Crippen LogP contribution in [0.1, 0.15) is 213 Å². The third-order valence-corrected chi connectivity index (χ3v) is 8.88. The van der Waals surface area contributed by atoms with Crippen molar-refractivity contribution in [1.29, 1.82) is 0 Å². The molecule has 4 heteroatoms. The lowest BCUT2D eigenvalue weighted by Gasteiger charge is -2.18. The Bertz CT molecular complexity index is 738. The fraction of sp³-hybridized carbons (Fsp3) is 0.810. The molecule has 0 saturated carbocycles. The van der Waals surface area contributed by atoms with Gasteiger partial charge in [0.1, 0.15) is 6.10 Å². The SMILES string of the molecule is CC/C=C\C/C=C\C/C=C\CCCCCCCC(=O)OC(CCCC)CCCCCCCCCCCCCCCCCCC(=O)O. The molecule has 0 bridgehead atoms. The van der Waals surface area contributed by atoms with Crippen molar-refractivity contribution in [2.45, 2.75) is 219 Å². The number of hydrogen-bond donors (Lipinski definition) is 1. The Morgan fingerprint density at radius 2 is 0.913 bits per heavy atom. The minimum absolute atomic E-state index is 0.0234. The molecule has 268 valence electrons. The molecule has 1 N–H and O–H groups in total. The van der Waals surface area contributed by atoms with Crippen LogP contribution in [-0.2, 0) is 14.3 Å². The molecule has 0 spiro atoms. The largest absolute Gasteiger partial charge is 0.481 e. The van der Waals surface area contributed by atoms with Gasteiger partial charge in [-0.25, -0.2) is 0 Å². The minimum atomic E-state index is -0.664. The first kappa shape index (κ1) is 44.2. The molecule has 4 nitrogen and oxygen atoms in total. The van der Waals surface area contributed by atoms with Crippen LogP contribution in [-0.4, -0.2) is 23.1 Å². The Balaban J connectivity index is 3.64. The second-order valence-electron chi connectivity index (χ2n) is 13.4. The van der Waals surface area contributed by atoms with Gasteiger partial charge < -0.3 is 9.84 Å². The third-order valence-electron chi connectivity index (χ3n) is 8.88. The fourth-order valence-corrected chi connectivity index (χ4v) is 5.95. The summed E-state index contributed by atoms with van der Waals surface area (Å²) in [6, 6.07) is 0. The predicted molar refractivity (Wildman–Crippen MR) is 199 cm³/mol. The number of carboxylic acid groups (broad SMARTS) is 1. The van der Waals surface area contributed by atoms with Crippen LogP contribution >= 0.6 is 0 Å². The number of carbonyl (C=O) groups is 2. The maximum Gasteiger partial charge on any atom is 0.306 e. The van der Waals surface area contributed by atoms with E-state index in [1.54, 1.807) is 0 Å². The van der Waals surface area contributed by atoms with Crippen molar-refractivity contribution in [3.63, 3.8) is 0 Å². The van der Waals surface area contributed by atoms with Crippen LogP contribution in [0.4, 0.5) is 0 Å². The van der Waals surface area contributed by atoms with Gasteiger partial charge in [0, 0.05) is 12.8 Å². The Kier molecular flexibility index (Phi) is 36.1. The van der Waals surface area contributed by atoms with Crippen molar-refractivity contribution in [3.8, 4) is 0 Å². The molecule has 0 aliphatic heterocycles. The molecular weight excluding hydrogens is 568 g/mol. The van der Waals surface area contributed by atoms with Crippen molar-refractivity contribution in [3.05, 3.63) is 36.5 Å². The Labute approximate surface area is 286 Å². The van der Waals surface area contributed by atoms with Gasteiger partial charge in [0.2, 0.25) is 0 Å². The number of carboxylic acids is 1. The molecule has 1 unspecified atom stereocenters. The molecule has 0 saturated heterocycles. The summed E-state index contributed by atoms with van der Waals surface area (Å²) in [6.45, 7) is 4.38. The van der Waals surface area contributed by atoms with Crippen LogP contribution in [0.3, 0.4) is 0 Å². The summed E-state index contributed by atoms with van der Waals surface area (Å²) in [6.07, 6.45) is 49.3. The average molecular weight is 645 g/mol. The summed E-state index contributed by atoms with van der Waals surface area (Å²) in [7, 11) is 0. The fourth-order valence-electron chi connectivity index (χ4n) is 5.95. The van der Waals surface area contributed by atoms with Crippen LogP contribution in [0.2, 0.25) is 0 Å². The maximum atomic E-state index is 12.5. The molecule has 0 aliphatic rings. The van der Waals surface area contributed by atoms with Crippen molar-refractivity contribution in [1.82, 2.24) is 0 Å². The van der Waals surface area contributed by atoms with Crippen molar-refractivity contribution in [2.24, 2.45) is 0 Å². The van der Waals surface area contributed by atoms with E-state index < -0.39 is 5.97 Å². The van der Waals surface area contributed by atoms with Gasteiger partial charge in [-0.2, -0.15) is 0 Å². The predicted octanol–water partition coefficient (Wildman–Crippen LogP) is 13.8. The summed E-state index contributed by atoms with van der Waals surface area (Å²) >= 11 is 0. The van der Waals surface area contributed by atoms with Gasteiger partial charge in [-0.15, -0.1) is 0 Å². The number of allylic oxidation sites excluding steroid dienone is 6. The summed E-state index contributed by atoms with van der Waals surface area (Å²) in [5.41, 5.74) is 0. The summed E-state index contributed by atoms with van der Waals surface area (Å²) in [5, 5.41) is 8.66. The smallest absolute Gasteiger partial charge is 0.306 e. The molecule has 0 amide bonds. The van der Waals surface area contributed by atoms with E-state index in [4.69, 9.17) is 9.84 Å². The van der Waals surface area contributed by atoms with E-state index in [1.165, 1.54) is 109 Å². The normalized spacial score (nSPS) is 12.6. The van der Waals surface area contributed by atoms with E-state index in [0.29, 0.717) is 12.8 Å². The van der Waals surface area contributed by atoms with Gasteiger partial charge in [0.05, 0.1) is 0 Å². The number of carbonyl (C=O) groups excluding carboxylic acids is 1. The van der Waals surface area contributed by atoms with Gasteiger partial charge in [0.25, 0.3) is 0 Å². The van der Waals surface area contributed by atoms with E-state index in [1.807, 2.05) is 0 Å². The first-order valence-electron chi connectivity index (χ1n) is 20.0. The van der Waals surface area contributed by atoms with Crippen molar-refractivity contribution in [2.75, 3.05) is 0 Å². The first-order chi connectivity index (χ1) is 22.6. The van der Waals surface area contributed by atoms with Gasteiger partial charge in [-0.1, -0.05) is 172 Å². The number of unbranched alkanes of at least 4 members (excludes halogenated alkanes) is 21. The Morgan fingerprint density at radius 3 is 1.41 bits per heavy atom. The van der Waals surface area contributed by atoms with Gasteiger partial charge in [-0.05, 0) is 64.2 Å². The molecule has 46 heavy (non-hydrogen) atoms. The van der Waals surface area contributed by atoms with Gasteiger partial charge in [0.15, 0.2) is 0 Å². The van der Waals surface area contributed by atoms with E-state index in [2.05, 4.69) is 50.3 Å². The molecule has 0 aromatic carbocycles. The highest BCUT2D eigenvalue weighted by Gasteiger charge is 2.13. The zero-order valence-electron chi connectivity index (χ0n) is 30.6. The monoisotopic (exact) mass is 645 g/mol. The van der Waals surface area contributed by atoms with Gasteiger partial charge in [-0.3, -0.25) is 9.59 Å². The standard InChI is InChI=1S/C42H76O4/c1-3-5-7-8-9-10-11-12-15-20-23-26-29-32-35-39-42(45)46-40(36-6-4-2)37-33-30-27-24-21-18-16-13-14-17-19-22-25-28-31-34-38-41(43)44/h5,7,9-10,12,15,40H,3-4,6,8,11,13-14,16-39H2,1-2H3,(H,43,44)/b7-5-,10-9-,15-12-. The molecule has 0 rings (SSSR count). The number of esters is 1. The number of ether oxygens (including phenoxy) is 1. The Hall–Kier alpha value is -1.84. The highest BCUT2D eigenvalue weighted by molar-refractivity contribution is 5.69. The minimum Gasteiger partial charge on any atom is -0.481 e. The second-order valence-corrected chi connectivity index (χ2v) is 13.4. The summed E-state index contributed by atoms with van der Waals surface area (Å²) < 4.78 is 5.93. The molecule has 0 aromatic heterocycles. The Morgan fingerprint density at radius 1 is 0.500 bits per heavy atom. The average Bonchev–Trinajstić information content (AvgIpc) is 3.04. The van der Waals surface area contributed by atoms with E-state index in [9.17, 15) is 9.59 Å². The zero-order valence-corrected chi connectivity index (χ0v) is 30.6. The van der Waals surface area contributed by atoms with Crippen LogP contribution in [0, 0.1) is 0 Å². The first-order valence-corrected chi connectivity index (χ1v) is 20.0. The van der Waals surface area contributed by atoms with Crippen LogP contribution in [0.15, 0.2) is 36.5 Å². The number of rotatable bonds is 36. The summed E-state index contributed by atoms with van der Waals surface area (Å²) in [5.74, 6) is -0.640. The molecule has 0 aromatic rings. The van der Waals surface area contributed by atoms with E-state index in [0.717, 1.165) is 77.0 Å². The lowest BCUT2D eigenvalue weighted by molar-refractivity contribution is -0.150. The zero-order chi connectivity index (χ0) is 33.6. The summed E-state index contributed by atoms with van der Waals surface area (Å²) in [4.78, 5) is 23.0. The maximum absolute atomic E-state index is 12.5. The molecule has 0 radical (unpaired) electrons. The van der Waals surface area contributed by atoms with Crippen LogP contribution in [0.25, 0.3) is 0 Å². The lowest BCUT2D eigenvalue weighted by atomic mass is 10.0. The molecule has 0 heterocycles. The quantitative estimate of drug-likeness (QED) is 0.0419. The van der Waals surface area contributed by atoms with Crippen molar-refractivity contribution >= 4 is 11.9 Å². The molecular formula is C42H76O4. The number of aliphatic carboxylic acids is 1. The van der Waals surface area contributed by atoms with E-state index >= 15 is 0 Å². The molecule has 0 fully saturated rings. The highest BCUT2D eigenvalue weighted by atomic mass is 16.5. The topological polar surface area (TPSA) is 63.6 Å². The number of hydrogen-bond acceptors (Lipinski definition) is 3. The lowest BCUT2D eigenvalue weighted by Crippen LogP contribution is -2.18. The third kappa shape index (κ3) is 36.6. The van der Waals surface area contributed by atoms with Gasteiger partial charge >= 0.3 is 11.9 Å². The van der Waals surface area contributed by atoms with Crippen LogP contribution in [0.5, 0.6) is 0 Å². The molecule has 0 aliphatic carbocycles.